The predicted molar refractivity (Wildman–Crippen MR) is 87.8 cm³/mol. The molecule has 0 bridgehead atoms. The maximum absolute atomic E-state index is 9.60. The number of carbonyl (C=O) groups is 1. The Hall–Kier alpha value is -0.730. The standard InChI is InChI=1S/C14H30.C3H7NO2/c1-5-7-9-13(3)11-12-14(4)10-8-6-2;1-2-6-3(4)5/h13-14H,5-12H2,1-4H3;2H2,1H3,(H2,4,5). The Kier molecular flexibility index (Phi) is 17.6. The number of hydrogen-bond donors (Lipinski definition) is 1. The number of amides is 1. The van der Waals surface area contributed by atoms with Gasteiger partial charge in [0.2, 0.25) is 0 Å². The van der Waals surface area contributed by atoms with E-state index in [4.69, 9.17) is 0 Å². The SMILES string of the molecule is CCCCC(C)CCC(C)CCCC.CCOC(N)=O. The molecule has 0 aromatic rings. The Balaban J connectivity index is 0. The molecule has 0 saturated carbocycles. The summed E-state index contributed by atoms with van der Waals surface area (Å²) in [6, 6.07) is 0. The van der Waals surface area contributed by atoms with Gasteiger partial charge in [0.05, 0.1) is 6.61 Å². The number of ether oxygens (including phenoxy) is 1. The molecule has 0 spiro atoms. The Bertz CT molecular complexity index is 193. The van der Waals surface area contributed by atoms with Crippen molar-refractivity contribution in [3.8, 4) is 0 Å². The summed E-state index contributed by atoms with van der Waals surface area (Å²) in [4.78, 5) is 9.60. The van der Waals surface area contributed by atoms with Crippen LogP contribution in [0.2, 0.25) is 0 Å². The summed E-state index contributed by atoms with van der Waals surface area (Å²) in [6.07, 6.45) is 10.6. The van der Waals surface area contributed by atoms with Crippen LogP contribution in [0.4, 0.5) is 4.79 Å². The van der Waals surface area contributed by atoms with E-state index in [1.54, 1.807) is 6.92 Å². The van der Waals surface area contributed by atoms with Crippen LogP contribution in [0.1, 0.15) is 86.0 Å². The minimum Gasteiger partial charge on any atom is -0.450 e. The highest BCUT2D eigenvalue weighted by atomic mass is 16.5. The number of carbonyl (C=O) groups excluding carboxylic acids is 1. The third kappa shape index (κ3) is 19.6. The lowest BCUT2D eigenvalue weighted by Crippen LogP contribution is -2.11. The average molecular weight is 287 g/mol. The fourth-order valence-corrected chi connectivity index (χ4v) is 2.11. The molecule has 0 radical (unpaired) electrons. The molecule has 0 aromatic heterocycles. The molecule has 0 aliphatic rings. The van der Waals surface area contributed by atoms with Crippen molar-refractivity contribution in [3.05, 3.63) is 0 Å². The zero-order valence-corrected chi connectivity index (χ0v) is 14.4. The second kappa shape index (κ2) is 16.3. The molecule has 0 fully saturated rings. The summed E-state index contributed by atoms with van der Waals surface area (Å²) in [5.74, 6) is 1.91. The van der Waals surface area contributed by atoms with Crippen molar-refractivity contribution in [2.45, 2.75) is 86.0 Å². The molecular weight excluding hydrogens is 250 g/mol. The van der Waals surface area contributed by atoms with E-state index < -0.39 is 6.09 Å². The van der Waals surface area contributed by atoms with Crippen LogP contribution in [0.5, 0.6) is 0 Å². The smallest absolute Gasteiger partial charge is 0.404 e. The molecule has 122 valence electrons. The summed E-state index contributed by atoms with van der Waals surface area (Å²) in [6.45, 7) is 11.5. The summed E-state index contributed by atoms with van der Waals surface area (Å²) >= 11 is 0. The highest BCUT2D eigenvalue weighted by molar-refractivity contribution is 5.64. The average Bonchev–Trinajstić information content (AvgIpc) is 2.41. The van der Waals surface area contributed by atoms with Gasteiger partial charge >= 0.3 is 6.09 Å². The zero-order chi connectivity index (χ0) is 15.8. The molecular formula is C17H37NO2. The molecule has 0 aromatic carbocycles. The van der Waals surface area contributed by atoms with Gasteiger partial charge in [0, 0.05) is 0 Å². The van der Waals surface area contributed by atoms with E-state index in [9.17, 15) is 4.79 Å². The van der Waals surface area contributed by atoms with Crippen LogP contribution >= 0.6 is 0 Å². The highest BCUT2D eigenvalue weighted by Crippen LogP contribution is 2.20. The molecule has 0 saturated heterocycles. The monoisotopic (exact) mass is 287 g/mol. The van der Waals surface area contributed by atoms with Crippen LogP contribution < -0.4 is 5.73 Å². The first-order valence-electron chi connectivity index (χ1n) is 8.39. The Morgan fingerprint density at radius 3 is 1.50 bits per heavy atom. The molecule has 0 aliphatic heterocycles. The quantitative estimate of drug-likeness (QED) is 0.575. The van der Waals surface area contributed by atoms with Crippen molar-refractivity contribution in [2.75, 3.05) is 6.61 Å². The third-order valence-corrected chi connectivity index (χ3v) is 3.54. The van der Waals surface area contributed by atoms with Gasteiger partial charge in [-0.05, 0) is 18.8 Å². The van der Waals surface area contributed by atoms with E-state index in [2.05, 4.69) is 38.2 Å². The van der Waals surface area contributed by atoms with Crippen molar-refractivity contribution < 1.29 is 9.53 Å². The van der Waals surface area contributed by atoms with Crippen LogP contribution in [0.15, 0.2) is 0 Å². The Labute approximate surface area is 126 Å². The normalized spacial score (nSPS) is 13.1. The van der Waals surface area contributed by atoms with Gasteiger partial charge in [0.15, 0.2) is 0 Å². The van der Waals surface area contributed by atoms with Crippen molar-refractivity contribution in [1.82, 2.24) is 0 Å². The van der Waals surface area contributed by atoms with E-state index in [0.717, 1.165) is 11.8 Å². The van der Waals surface area contributed by atoms with Gasteiger partial charge in [-0.25, -0.2) is 4.79 Å². The molecule has 2 N–H and O–H groups in total. The number of rotatable bonds is 10. The molecule has 0 heterocycles. The summed E-state index contributed by atoms with van der Waals surface area (Å²) < 4.78 is 4.18. The van der Waals surface area contributed by atoms with Crippen LogP contribution in [0, 0.1) is 11.8 Å². The number of nitrogens with two attached hydrogens (primary N) is 1. The van der Waals surface area contributed by atoms with Gasteiger partial charge < -0.3 is 10.5 Å². The lowest BCUT2D eigenvalue weighted by Gasteiger charge is -2.14. The molecule has 0 rings (SSSR count). The largest absolute Gasteiger partial charge is 0.450 e. The fraction of sp³-hybridized carbons (Fsp3) is 0.941. The first-order valence-corrected chi connectivity index (χ1v) is 8.39. The maximum Gasteiger partial charge on any atom is 0.404 e. The third-order valence-electron chi connectivity index (χ3n) is 3.54. The fourth-order valence-electron chi connectivity index (χ4n) is 2.11. The highest BCUT2D eigenvalue weighted by Gasteiger charge is 2.05. The lowest BCUT2D eigenvalue weighted by atomic mass is 9.92. The molecule has 2 unspecified atom stereocenters. The first kappa shape index (κ1) is 21.6. The van der Waals surface area contributed by atoms with Crippen molar-refractivity contribution >= 4 is 6.09 Å². The van der Waals surface area contributed by atoms with Gasteiger partial charge in [0.25, 0.3) is 0 Å². The van der Waals surface area contributed by atoms with Gasteiger partial charge in [-0.1, -0.05) is 79.1 Å². The second-order valence-electron chi connectivity index (χ2n) is 5.82. The molecule has 20 heavy (non-hydrogen) atoms. The molecule has 3 heteroatoms. The number of hydrogen-bond acceptors (Lipinski definition) is 2. The molecule has 1 amide bonds. The number of unbranched alkanes of at least 4 members (excludes halogenated alkanes) is 2. The summed E-state index contributed by atoms with van der Waals surface area (Å²) in [7, 11) is 0. The van der Waals surface area contributed by atoms with E-state index in [0.29, 0.717) is 6.61 Å². The summed E-state index contributed by atoms with van der Waals surface area (Å²) in [5.41, 5.74) is 4.54. The summed E-state index contributed by atoms with van der Waals surface area (Å²) in [5, 5.41) is 0. The van der Waals surface area contributed by atoms with E-state index in [-0.39, 0.29) is 0 Å². The van der Waals surface area contributed by atoms with Gasteiger partial charge in [-0.2, -0.15) is 0 Å². The first-order chi connectivity index (χ1) is 9.47. The van der Waals surface area contributed by atoms with Crippen molar-refractivity contribution in [2.24, 2.45) is 17.6 Å². The van der Waals surface area contributed by atoms with Gasteiger partial charge in [-0.3, -0.25) is 0 Å². The van der Waals surface area contributed by atoms with Gasteiger partial charge in [0.1, 0.15) is 0 Å². The van der Waals surface area contributed by atoms with Crippen LogP contribution in [0.25, 0.3) is 0 Å². The number of primary amides is 1. The van der Waals surface area contributed by atoms with E-state index in [1.165, 1.54) is 51.4 Å². The van der Waals surface area contributed by atoms with E-state index in [1.807, 2.05) is 0 Å². The minimum atomic E-state index is -0.711. The van der Waals surface area contributed by atoms with E-state index >= 15 is 0 Å². The second-order valence-corrected chi connectivity index (χ2v) is 5.82. The lowest BCUT2D eigenvalue weighted by molar-refractivity contribution is 0.163. The topological polar surface area (TPSA) is 52.3 Å². The van der Waals surface area contributed by atoms with Crippen molar-refractivity contribution in [1.29, 1.82) is 0 Å². The Morgan fingerprint density at radius 2 is 1.30 bits per heavy atom. The predicted octanol–water partition coefficient (Wildman–Crippen LogP) is 5.52. The van der Waals surface area contributed by atoms with Crippen LogP contribution in [0.3, 0.4) is 0 Å². The maximum atomic E-state index is 9.60. The Morgan fingerprint density at radius 1 is 0.900 bits per heavy atom. The molecule has 0 aliphatic carbocycles. The van der Waals surface area contributed by atoms with Crippen molar-refractivity contribution in [3.63, 3.8) is 0 Å². The zero-order valence-electron chi connectivity index (χ0n) is 14.4. The van der Waals surface area contributed by atoms with Gasteiger partial charge in [-0.15, -0.1) is 0 Å². The molecule has 2 atom stereocenters. The molecule has 3 nitrogen and oxygen atoms in total. The minimum absolute atomic E-state index is 0.356. The van der Waals surface area contributed by atoms with Crippen LogP contribution in [-0.4, -0.2) is 12.7 Å². The van der Waals surface area contributed by atoms with Crippen LogP contribution in [-0.2, 0) is 4.74 Å².